The lowest BCUT2D eigenvalue weighted by atomic mass is 10.2. The van der Waals surface area contributed by atoms with Crippen LogP contribution in [0.15, 0.2) is 64.4 Å². The number of furan rings is 1. The number of amides is 1. The van der Waals surface area contributed by atoms with E-state index >= 15 is 0 Å². The molecule has 1 atom stereocenters. The Morgan fingerprint density at radius 1 is 1.15 bits per heavy atom. The number of nitrogens with one attached hydrogen (secondary N) is 1. The van der Waals surface area contributed by atoms with Gasteiger partial charge in [0.2, 0.25) is 5.91 Å². The minimum atomic E-state index is -1.65. The Labute approximate surface area is 196 Å². The number of nitrogens with zero attached hydrogens (tertiary/aromatic N) is 3. The van der Waals surface area contributed by atoms with E-state index in [4.69, 9.17) is 9.15 Å². The molecule has 0 spiro atoms. The van der Waals surface area contributed by atoms with E-state index in [1.165, 1.54) is 0 Å². The molecule has 2 aromatic carbocycles. The van der Waals surface area contributed by atoms with Gasteiger partial charge in [0.1, 0.15) is 11.5 Å². The van der Waals surface area contributed by atoms with Crippen LogP contribution in [0, 0.1) is 17.5 Å². The lowest BCUT2D eigenvalue weighted by Crippen LogP contribution is -2.24. The third kappa shape index (κ3) is 4.93. The molecule has 2 heterocycles. The van der Waals surface area contributed by atoms with Gasteiger partial charge in [-0.3, -0.25) is 9.36 Å². The van der Waals surface area contributed by atoms with Crippen LogP contribution in [0.3, 0.4) is 0 Å². The highest BCUT2D eigenvalue weighted by molar-refractivity contribution is 8.00. The monoisotopic (exact) mass is 488 g/mol. The average Bonchev–Trinajstić information content (AvgIpc) is 3.50. The van der Waals surface area contributed by atoms with Crippen molar-refractivity contribution < 1.29 is 27.1 Å². The summed E-state index contributed by atoms with van der Waals surface area (Å²) >= 11 is 1.07. The predicted octanol–water partition coefficient (Wildman–Crippen LogP) is 5.13. The molecule has 0 radical (unpaired) electrons. The summed E-state index contributed by atoms with van der Waals surface area (Å²) in [6, 6.07) is 12.5. The molecule has 176 valence electrons. The van der Waals surface area contributed by atoms with Gasteiger partial charge in [0.15, 0.2) is 28.4 Å². The minimum Gasteiger partial charge on any atom is -0.497 e. The van der Waals surface area contributed by atoms with Gasteiger partial charge in [-0.25, -0.2) is 13.2 Å². The standard InChI is InChI=1S/C23H19F3N4O3S/c1-13(22(31)27-18-9-8-17(24)19(25)20(18)26)34-23-29-28-21(14-5-3-6-15(11-14)32-2)30(23)12-16-7-4-10-33-16/h3-11,13H,12H2,1-2H3,(H,27,31). The van der Waals surface area contributed by atoms with E-state index in [-0.39, 0.29) is 0 Å². The van der Waals surface area contributed by atoms with Gasteiger partial charge in [-0.1, -0.05) is 23.9 Å². The van der Waals surface area contributed by atoms with E-state index in [9.17, 15) is 18.0 Å². The summed E-state index contributed by atoms with van der Waals surface area (Å²) in [7, 11) is 1.56. The first-order valence-electron chi connectivity index (χ1n) is 10.1. The van der Waals surface area contributed by atoms with Gasteiger partial charge in [0.05, 0.1) is 30.9 Å². The number of halogens is 3. The van der Waals surface area contributed by atoms with Crippen molar-refractivity contribution in [2.75, 3.05) is 12.4 Å². The van der Waals surface area contributed by atoms with Gasteiger partial charge in [0.25, 0.3) is 0 Å². The molecule has 0 saturated carbocycles. The SMILES string of the molecule is COc1cccc(-c2nnc(SC(C)C(=O)Nc3ccc(F)c(F)c3F)n2Cc2ccco2)c1. The highest BCUT2D eigenvalue weighted by Crippen LogP contribution is 2.30. The number of rotatable bonds is 8. The number of thioether (sulfide) groups is 1. The van der Waals surface area contributed by atoms with Crippen LogP contribution in [-0.2, 0) is 11.3 Å². The second kappa shape index (κ2) is 10.0. The number of benzene rings is 2. The maximum atomic E-state index is 14.0. The van der Waals surface area contributed by atoms with Crippen LogP contribution >= 0.6 is 11.8 Å². The first-order chi connectivity index (χ1) is 16.4. The number of carbonyl (C=O) groups excluding carboxylic acids is 1. The summed E-state index contributed by atoms with van der Waals surface area (Å²) < 4.78 is 53.2. The molecular formula is C23H19F3N4O3S. The number of ether oxygens (including phenoxy) is 1. The fourth-order valence-corrected chi connectivity index (χ4v) is 3.97. The van der Waals surface area contributed by atoms with E-state index in [1.54, 1.807) is 49.1 Å². The maximum Gasteiger partial charge on any atom is 0.237 e. The Morgan fingerprint density at radius 2 is 1.97 bits per heavy atom. The summed E-state index contributed by atoms with van der Waals surface area (Å²) in [4.78, 5) is 12.6. The molecule has 4 rings (SSSR count). The average molecular weight is 488 g/mol. The third-order valence-electron chi connectivity index (χ3n) is 4.88. The highest BCUT2D eigenvalue weighted by atomic mass is 32.2. The van der Waals surface area contributed by atoms with Crippen molar-refractivity contribution in [2.45, 2.75) is 23.9 Å². The van der Waals surface area contributed by atoms with Gasteiger partial charge in [0, 0.05) is 5.56 Å². The van der Waals surface area contributed by atoms with E-state index in [1.807, 2.05) is 12.1 Å². The molecule has 0 bridgehead atoms. The molecule has 0 fully saturated rings. The zero-order valence-corrected chi connectivity index (χ0v) is 18.9. The van der Waals surface area contributed by atoms with E-state index < -0.39 is 34.3 Å². The molecule has 0 saturated heterocycles. The highest BCUT2D eigenvalue weighted by Gasteiger charge is 2.23. The first kappa shape index (κ1) is 23.4. The Hall–Kier alpha value is -3.73. The zero-order valence-electron chi connectivity index (χ0n) is 18.1. The van der Waals surface area contributed by atoms with E-state index in [2.05, 4.69) is 15.5 Å². The molecular weight excluding hydrogens is 469 g/mol. The molecule has 0 aliphatic rings. The van der Waals surface area contributed by atoms with Crippen LogP contribution in [0.1, 0.15) is 12.7 Å². The largest absolute Gasteiger partial charge is 0.497 e. The van der Waals surface area contributed by atoms with Gasteiger partial charge >= 0.3 is 0 Å². The first-order valence-corrected chi connectivity index (χ1v) is 11.0. The van der Waals surface area contributed by atoms with Crippen molar-refractivity contribution in [3.8, 4) is 17.1 Å². The van der Waals surface area contributed by atoms with Crippen molar-refractivity contribution in [3.05, 3.63) is 78.0 Å². The second-order valence-electron chi connectivity index (χ2n) is 7.18. The molecule has 1 amide bonds. The maximum absolute atomic E-state index is 14.0. The quantitative estimate of drug-likeness (QED) is 0.274. The third-order valence-corrected chi connectivity index (χ3v) is 5.96. The fraction of sp³-hybridized carbons (Fsp3) is 0.174. The lowest BCUT2D eigenvalue weighted by Gasteiger charge is -2.14. The smallest absolute Gasteiger partial charge is 0.237 e. The number of carbonyl (C=O) groups is 1. The molecule has 4 aromatic rings. The summed E-state index contributed by atoms with van der Waals surface area (Å²) in [6.45, 7) is 1.87. The molecule has 1 unspecified atom stereocenters. The summed E-state index contributed by atoms with van der Waals surface area (Å²) in [5, 5.41) is 10.4. The van der Waals surface area contributed by atoms with Crippen LogP contribution in [0.2, 0.25) is 0 Å². The van der Waals surface area contributed by atoms with E-state index in [0.717, 1.165) is 29.5 Å². The number of methoxy groups -OCH3 is 1. The number of hydrogen-bond acceptors (Lipinski definition) is 6. The summed E-state index contributed by atoms with van der Waals surface area (Å²) in [5.41, 5.74) is 0.289. The van der Waals surface area contributed by atoms with Crippen LogP contribution in [0.5, 0.6) is 5.75 Å². The Balaban J connectivity index is 1.60. The van der Waals surface area contributed by atoms with Crippen molar-refractivity contribution >= 4 is 23.4 Å². The summed E-state index contributed by atoms with van der Waals surface area (Å²) in [5.74, 6) is -3.27. The lowest BCUT2D eigenvalue weighted by molar-refractivity contribution is -0.115. The molecule has 0 aliphatic carbocycles. The predicted molar refractivity (Wildman–Crippen MR) is 120 cm³/mol. The molecule has 11 heteroatoms. The van der Waals surface area contributed by atoms with Crippen molar-refractivity contribution in [1.82, 2.24) is 14.8 Å². The number of hydrogen-bond donors (Lipinski definition) is 1. The van der Waals surface area contributed by atoms with Crippen molar-refractivity contribution in [1.29, 1.82) is 0 Å². The molecule has 7 nitrogen and oxygen atoms in total. The van der Waals surface area contributed by atoms with Gasteiger partial charge in [-0.2, -0.15) is 0 Å². The minimum absolute atomic E-state index is 0.293. The van der Waals surface area contributed by atoms with Crippen LogP contribution in [-0.4, -0.2) is 33.0 Å². The molecule has 2 aromatic heterocycles. The van der Waals surface area contributed by atoms with Crippen molar-refractivity contribution in [3.63, 3.8) is 0 Å². The summed E-state index contributed by atoms with van der Waals surface area (Å²) in [6.07, 6.45) is 1.55. The zero-order chi connectivity index (χ0) is 24.2. The van der Waals surface area contributed by atoms with Gasteiger partial charge in [-0.15, -0.1) is 10.2 Å². The number of aromatic nitrogens is 3. The fourth-order valence-electron chi connectivity index (χ4n) is 3.12. The van der Waals surface area contributed by atoms with Crippen molar-refractivity contribution in [2.24, 2.45) is 0 Å². The van der Waals surface area contributed by atoms with Crippen LogP contribution in [0.25, 0.3) is 11.4 Å². The van der Waals surface area contributed by atoms with Crippen LogP contribution < -0.4 is 10.1 Å². The second-order valence-corrected chi connectivity index (χ2v) is 8.48. The Morgan fingerprint density at radius 3 is 2.71 bits per heavy atom. The van der Waals surface area contributed by atoms with E-state index in [0.29, 0.717) is 29.0 Å². The number of anilines is 1. The molecule has 1 N–H and O–H groups in total. The van der Waals surface area contributed by atoms with Gasteiger partial charge in [-0.05, 0) is 43.3 Å². The normalized spacial score (nSPS) is 11.9. The topological polar surface area (TPSA) is 82.2 Å². The molecule has 0 aliphatic heterocycles. The Kier molecular flexibility index (Phi) is 6.92. The Bertz CT molecular complexity index is 1310. The van der Waals surface area contributed by atoms with Crippen LogP contribution in [0.4, 0.5) is 18.9 Å². The molecule has 34 heavy (non-hydrogen) atoms. The van der Waals surface area contributed by atoms with Gasteiger partial charge < -0.3 is 14.5 Å².